The number of rotatable bonds is 7. The third-order valence-electron chi connectivity index (χ3n) is 6.40. The summed E-state index contributed by atoms with van der Waals surface area (Å²) in [7, 11) is 0. The number of likely N-dealkylation sites (tertiary alicyclic amines) is 1. The largest absolute Gasteiger partial charge is 0.481 e. The maximum Gasteiger partial charge on any atom is 0.304 e. The van der Waals surface area contributed by atoms with Crippen LogP contribution in [0.3, 0.4) is 0 Å². The summed E-state index contributed by atoms with van der Waals surface area (Å²) in [6.07, 6.45) is 1.22. The number of aliphatic carboxylic acids is 1. The molecule has 1 saturated heterocycles. The van der Waals surface area contributed by atoms with Crippen LogP contribution in [0.2, 0.25) is 10.0 Å². The number of carboxylic acid groups (broad SMARTS) is 1. The lowest BCUT2D eigenvalue weighted by molar-refractivity contribution is -0.161. The molecular weight excluding hydrogens is 511 g/mol. The molecule has 6 nitrogen and oxygen atoms in total. The van der Waals surface area contributed by atoms with E-state index in [4.69, 9.17) is 23.2 Å². The third-order valence-corrected chi connectivity index (χ3v) is 6.91. The van der Waals surface area contributed by atoms with Crippen LogP contribution in [0.1, 0.15) is 71.9 Å². The molecule has 1 aliphatic rings. The minimum absolute atomic E-state index is 0.0900. The van der Waals surface area contributed by atoms with Gasteiger partial charge in [0.25, 0.3) is 0 Å². The van der Waals surface area contributed by atoms with Crippen LogP contribution in [0, 0.1) is 10.8 Å². The Hall–Kier alpha value is -2.57. The Balaban J connectivity index is 0.000000591. The molecule has 2 N–H and O–H groups in total. The summed E-state index contributed by atoms with van der Waals surface area (Å²) >= 11 is 11.6. The zero-order valence-electron chi connectivity index (χ0n) is 22.3. The Kier molecular flexibility index (Phi) is 11.0. The van der Waals surface area contributed by atoms with E-state index in [-0.39, 0.29) is 29.7 Å². The van der Waals surface area contributed by atoms with Gasteiger partial charge in [0, 0.05) is 16.6 Å². The fourth-order valence-electron chi connectivity index (χ4n) is 4.42. The molecule has 0 bridgehead atoms. The maximum absolute atomic E-state index is 13.6. The number of hydrogen-bond donors (Lipinski definition) is 2. The zero-order chi connectivity index (χ0) is 27.8. The molecule has 3 atom stereocenters. The van der Waals surface area contributed by atoms with Crippen molar-refractivity contribution in [2.45, 2.75) is 72.4 Å². The molecular formula is C29H38Cl2N2O4. The second kappa shape index (κ2) is 13.3. The minimum Gasteiger partial charge on any atom is -0.481 e. The van der Waals surface area contributed by atoms with Crippen LogP contribution < -0.4 is 5.32 Å². The monoisotopic (exact) mass is 548 g/mol. The number of hydrogen-bond acceptors (Lipinski definition) is 3. The first kappa shape index (κ1) is 30.7. The molecule has 202 valence electrons. The summed E-state index contributed by atoms with van der Waals surface area (Å²) in [5.74, 6) is -1.51. The lowest BCUT2D eigenvalue weighted by atomic mass is 9.74. The maximum atomic E-state index is 13.6. The van der Waals surface area contributed by atoms with Gasteiger partial charge >= 0.3 is 5.97 Å². The molecule has 0 aromatic heterocycles. The van der Waals surface area contributed by atoms with Crippen LogP contribution in [0.15, 0.2) is 54.6 Å². The molecule has 1 aliphatic heterocycles. The molecule has 0 spiro atoms. The number of piperidine rings is 1. The molecule has 2 aromatic carbocycles. The Labute approximate surface area is 230 Å². The van der Waals surface area contributed by atoms with Crippen molar-refractivity contribution >= 4 is 41.0 Å². The van der Waals surface area contributed by atoms with E-state index in [0.717, 1.165) is 10.6 Å². The number of carboxylic acids is 1. The summed E-state index contributed by atoms with van der Waals surface area (Å²) in [4.78, 5) is 39.7. The van der Waals surface area contributed by atoms with Gasteiger partial charge in [0.05, 0.1) is 17.9 Å². The van der Waals surface area contributed by atoms with Gasteiger partial charge in [0.15, 0.2) is 0 Å². The van der Waals surface area contributed by atoms with Crippen molar-refractivity contribution in [3.63, 3.8) is 0 Å². The Morgan fingerprint density at radius 1 is 1.08 bits per heavy atom. The van der Waals surface area contributed by atoms with E-state index in [1.807, 2.05) is 70.2 Å². The van der Waals surface area contributed by atoms with Crippen LogP contribution >= 0.6 is 23.2 Å². The van der Waals surface area contributed by atoms with Crippen molar-refractivity contribution in [1.29, 1.82) is 0 Å². The molecule has 1 fully saturated rings. The van der Waals surface area contributed by atoms with Gasteiger partial charge < -0.3 is 15.3 Å². The van der Waals surface area contributed by atoms with E-state index >= 15 is 0 Å². The summed E-state index contributed by atoms with van der Waals surface area (Å²) in [5, 5.41) is 13.7. The van der Waals surface area contributed by atoms with Crippen LogP contribution in [-0.2, 0) is 14.4 Å². The lowest BCUT2D eigenvalue weighted by Gasteiger charge is -2.47. The molecule has 2 amide bonds. The number of carbonyl (C=O) groups excluding carboxylic acids is 2. The van der Waals surface area contributed by atoms with Crippen molar-refractivity contribution < 1.29 is 19.5 Å². The molecule has 2 aromatic rings. The van der Waals surface area contributed by atoms with E-state index in [1.165, 1.54) is 0 Å². The predicted octanol–water partition coefficient (Wildman–Crippen LogP) is 6.77. The SMILES string of the molecule is CCC(C(=O)NCC(C)(C)C)N1C(=O)[C@@](C)(CC(=O)O)CCC1c1ccc(Cl)cc1.Clc1ccccc1. The van der Waals surface area contributed by atoms with E-state index in [9.17, 15) is 19.5 Å². The summed E-state index contributed by atoms with van der Waals surface area (Å²) in [6.45, 7) is 10.1. The molecule has 0 aliphatic carbocycles. The number of benzene rings is 2. The van der Waals surface area contributed by atoms with E-state index in [0.29, 0.717) is 30.8 Å². The average Bonchev–Trinajstić information content (AvgIpc) is 2.82. The van der Waals surface area contributed by atoms with E-state index in [2.05, 4.69) is 5.32 Å². The average molecular weight is 550 g/mol. The fourth-order valence-corrected chi connectivity index (χ4v) is 4.69. The van der Waals surface area contributed by atoms with Crippen LogP contribution in [-0.4, -0.2) is 40.4 Å². The van der Waals surface area contributed by atoms with Crippen molar-refractivity contribution in [1.82, 2.24) is 10.2 Å². The van der Waals surface area contributed by atoms with Gasteiger partial charge in [-0.05, 0) is 54.5 Å². The first-order chi connectivity index (χ1) is 17.3. The highest BCUT2D eigenvalue weighted by atomic mass is 35.5. The molecule has 8 heteroatoms. The Morgan fingerprint density at radius 2 is 1.65 bits per heavy atom. The standard InChI is InChI=1S/C23H33ClN2O4.C6H5Cl/c1-6-17(20(29)25-14-22(2,3)4)26-18(15-7-9-16(24)10-8-15)11-12-23(5,21(26)30)13-19(27)28;7-6-4-2-1-3-5-6/h7-10,17-18H,6,11-14H2,1-5H3,(H,25,29)(H,27,28);1-5H/t17?,18?,23-;/m1./s1. The third kappa shape index (κ3) is 9.04. The van der Waals surface area contributed by atoms with Crippen molar-refractivity contribution in [3.05, 3.63) is 70.2 Å². The quantitative estimate of drug-likeness (QED) is 0.399. The number of amides is 2. The van der Waals surface area contributed by atoms with Gasteiger partial charge in [-0.15, -0.1) is 0 Å². The minimum atomic E-state index is -1.04. The first-order valence-electron chi connectivity index (χ1n) is 12.6. The molecule has 0 radical (unpaired) electrons. The lowest BCUT2D eigenvalue weighted by Crippen LogP contribution is -2.58. The predicted molar refractivity (Wildman–Crippen MR) is 149 cm³/mol. The highest BCUT2D eigenvalue weighted by Crippen LogP contribution is 2.44. The first-order valence-corrected chi connectivity index (χ1v) is 13.3. The van der Waals surface area contributed by atoms with Gasteiger partial charge in [-0.2, -0.15) is 0 Å². The Bertz CT molecular complexity index is 1050. The second-order valence-electron chi connectivity index (χ2n) is 10.9. The molecule has 1 heterocycles. The summed E-state index contributed by atoms with van der Waals surface area (Å²) in [6, 6.07) is 15.7. The number of nitrogens with zero attached hydrogens (tertiary/aromatic N) is 1. The zero-order valence-corrected chi connectivity index (χ0v) is 23.8. The van der Waals surface area contributed by atoms with Gasteiger partial charge in [-0.3, -0.25) is 14.4 Å². The van der Waals surface area contributed by atoms with Gasteiger partial charge in [0.1, 0.15) is 6.04 Å². The van der Waals surface area contributed by atoms with Gasteiger partial charge in [0.2, 0.25) is 11.8 Å². The molecule has 37 heavy (non-hydrogen) atoms. The number of halogens is 2. The van der Waals surface area contributed by atoms with Crippen LogP contribution in [0.25, 0.3) is 0 Å². The summed E-state index contributed by atoms with van der Waals surface area (Å²) < 4.78 is 0. The molecule has 0 saturated carbocycles. The molecule has 3 rings (SSSR count). The van der Waals surface area contributed by atoms with Gasteiger partial charge in [-0.1, -0.05) is 88.2 Å². The van der Waals surface area contributed by atoms with Crippen LogP contribution in [0.5, 0.6) is 0 Å². The summed E-state index contributed by atoms with van der Waals surface area (Å²) in [5.41, 5.74) is -0.230. The fraction of sp³-hybridized carbons (Fsp3) is 0.483. The van der Waals surface area contributed by atoms with Crippen molar-refractivity contribution in [2.75, 3.05) is 6.54 Å². The van der Waals surface area contributed by atoms with Crippen LogP contribution in [0.4, 0.5) is 0 Å². The second-order valence-corrected chi connectivity index (χ2v) is 11.8. The van der Waals surface area contributed by atoms with Crippen molar-refractivity contribution in [3.8, 4) is 0 Å². The van der Waals surface area contributed by atoms with Gasteiger partial charge in [-0.25, -0.2) is 0 Å². The topological polar surface area (TPSA) is 86.7 Å². The highest BCUT2D eigenvalue weighted by molar-refractivity contribution is 6.30. The molecule has 2 unspecified atom stereocenters. The van der Waals surface area contributed by atoms with Crippen molar-refractivity contribution in [2.24, 2.45) is 10.8 Å². The number of carbonyl (C=O) groups is 3. The highest BCUT2D eigenvalue weighted by Gasteiger charge is 2.48. The van der Waals surface area contributed by atoms with E-state index in [1.54, 1.807) is 24.0 Å². The smallest absolute Gasteiger partial charge is 0.304 e. The Morgan fingerprint density at radius 3 is 2.11 bits per heavy atom. The van der Waals surface area contributed by atoms with E-state index < -0.39 is 17.4 Å². The normalized spacial score (nSPS) is 20.5. The number of nitrogens with one attached hydrogen (secondary N) is 1.